The highest BCUT2D eigenvalue weighted by atomic mass is 16.5. The Morgan fingerprint density at radius 1 is 1.23 bits per heavy atom. The second-order valence-corrected chi connectivity index (χ2v) is 3.22. The number of rotatable bonds is 6. The second-order valence-electron chi connectivity index (χ2n) is 3.22. The van der Waals surface area contributed by atoms with Crippen molar-refractivity contribution < 1.29 is 14.3 Å². The van der Waals surface area contributed by atoms with E-state index in [1.165, 1.54) is 6.92 Å². The molecule has 76 valence electrons. The molecule has 0 aliphatic carbocycles. The van der Waals surface area contributed by atoms with E-state index in [2.05, 4.69) is 0 Å². The Morgan fingerprint density at radius 2 is 1.85 bits per heavy atom. The smallest absolute Gasteiger partial charge is 0.302 e. The molecule has 0 aromatic rings. The Labute approximate surface area is 79.5 Å². The van der Waals surface area contributed by atoms with Crippen molar-refractivity contribution in [2.75, 3.05) is 6.61 Å². The molecule has 0 amide bonds. The van der Waals surface area contributed by atoms with Gasteiger partial charge in [-0.2, -0.15) is 0 Å². The zero-order valence-corrected chi connectivity index (χ0v) is 8.63. The summed E-state index contributed by atoms with van der Waals surface area (Å²) in [5.74, 6) is -0.0304. The third kappa shape index (κ3) is 6.31. The molecule has 0 heterocycles. The predicted molar refractivity (Wildman–Crippen MR) is 50.3 cm³/mol. The van der Waals surface area contributed by atoms with Crippen LogP contribution in [0.5, 0.6) is 0 Å². The van der Waals surface area contributed by atoms with Gasteiger partial charge >= 0.3 is 5.97 Å². The minimum Gasteiger partial charge on any atom is -0.466 e. The topological polar surface area (TPSA) is 43.4 Å². The Morgan fingerprint density at radius 3 is 2.23 bits per heavy atom. The van der Waals surface area contributed by atoms with Crippen LogP contribution in [0.25, 0.3) is 0 Å². The molecule has 0 saturated carbocycles. The van der Waals surface area contributed by atoms with Crippen LogP contribution < -0.4 is 0 Å². The van der Waals surface area contributed by atoms with Gasteiger partial charge in [0.05, 0.1) is 6.61 Å². The molecule has 0 aromatic carbocycles. The summed E-state index contributed by atoms with van der Waals surface area (Å²) in [6, 6.07) is 0. The van der Waals surface area contributed by atoms with Gasteiger partial charge in [0.15, 0.2) is 0 Å². The van der Waals surface area contributed by atoms with E-state index in [-0.39, 0.29) is 17.7 Å². The number of hydrogen-bond acceptors (Lipinski definition) is 3. The number of ketones is 1. The van der Waals surface area contributed by atoms with Gasteiger partial charge in [-0.3, -0.25) is 9.59 Å². The van der Waals surface area contributed by atoms with Gasteiger partial charge in [-0.1, -0.05) is 13.3 Å². The molecule has 3 nitrogen and oxygen atoms in total. The Balaban J connectivity index is 3.69. The van der Waals surface area contributed by atoms with Crippen LogP contribution in [0.2, 0.25) is 0 Å². The van der Waals surface area contributed by atoms with E-state index in [4.69, 9.17) is 4.74 Å². The van der Waals surface area contributed by atoms with E-state index < -0.39 is 0 Å². The highest BCUT2D eigenvalue weighted by Gasteiger charge is 2.12. The molecule has 0 aliphatic rings. The first-order valence-corrected chi connectivity index (χ1v) is 4.71. The van der Waals surface area contributed by atoms with Crippen molar-refractivity contribution in [1.82, 2.24) is 0 Å². The SMILES string of the molecule is CCCC(CCOC(C)=O)C(C)=O. The highest BCUT2D eigenvalue weighted by Crippen LogP contribution is 2.12. The summed E-state index contributed by atoms with van der Waals surface area (Å²) in [6.07, 6.45) is 2.53. The number of carbonyl (C=O) groups excluding carboxylic acids is 2. The molecule has 0 N–H and O–H groups in total. The third-order valence-corrected chi connectivity index (χ3v) is 1.98. The fourth-order valence-corrected chi connectivity index (χ4v) is 1.24. The minimum absolute atomic E-state index is 0.0596. The maximum Gasteiger partial charge on any atom is 0.302 e. The molecule has 0 aromatic heterocycles. The lowest BCUT2D eigenvalue weighted by atomic mass is 9.96. The number of hydrogen-bond donors (Lipinski definition) is 0. The van der Waals surface area contributed by atoms with Gasteiger partial charge in [0.2, 0.25) is 0 Å². The molecular formula is C10H18O3. The van der Waals surface area contributed by atoms with Crippen molar-refractivity contribution in [3.63, 3.8) is 0 Å². The van der Waals surface area contributed by atoms with Gasteiger partial charge in [0.1, 0.15) is 5.78 Å². The van der Waals surface area contributed by atoms with Crippen molar-refractivity contribution in [2.45, 2.75) is 40.0 Å². The van der Waals surface area contributed by atoms with Crippen molar-refractivity contribution in [3.8, 4) is 0 Å². The van der Waals surface area contributed by atoms with Crippen LogP contribution in [0, 0.1) is 5.92 Å². The quantitative estimate of drug-likeness (QED) is 0.595. The maximum absolute atomic E-state index is 11.1. The molecule has 0 fully saturated rings. The zero-order chi connectivity index (χ0) is 10.3. The fraction of sp³-hybridized carbons (Fsp3) is 0.800. The number of ether oxygens (including phenoxy) is 1. The fourth-order valence-electron chi connectivity index (χ4n) is 1.24. The average Bonchev–Trinajstić information content (AvgIpc) is 2.02. The Bertz CT molecular complexity index is 175. The van der Waals surface area contributed by atoms with Crippen LogP contribution >= 0.6 is 0 Å². The first-order chi connectivity index (χ1) is 6.07. The second kappa shape index (κ2) is 6.63. The molecular weight excluding hydrogens is 168 g/mol. The molecule has 0 bridgehead atoms. The molecule has 1 unspecified atom stereocenters. The number of esters is 1. The summed E-state index contributed by atoms with van der Waals surface area (Å²) >= 11 is 0. The van der Waals surface area contributed by atoms with Crippen molar-refractivity contribution >= 4 is 11.8 Å². The minimum atomic E-state index is -0.279. The summed E-state index contributed by atoms with van der Waals surface area (Å²) in [6.45, 7) is 5.37. The van der Waals surface area contributed by atoms with E-state index in [0.29, 0.717) is 13.0 Å². The molecule has 13 heavy (non-hydrogen) atoms. The van der Waals surface area contributed by atoms with Crippen molar-refractivity contribution in [3.05, 3.63) is 0 Å². The lowest BCUT2D eigenvalue weighted by Gasteiger charge is -2.11. The predicted octanol–water partition coefficient (Wildman–Crippen LogP) is 1.94. The molecule has 3 heteroatoms. The van der Waals surface area contributed by atoms with E-state index in [0.717, 1.165) is 12.8 Å². The van der Waals surface area contributed by atoms with Crippen LogP contribution in [0.1, 0.15) is 40.0 Å². The normalized spacial score (nSPS) is 12.2. The van der Waals surface area contributed by atoms with Crippen molar-refractivity contribution in [2.24, 2.45) is 5.92 Å². The van der Waals surface area contributed by atoms with Crippen LogP contribution in [0.15, 0.2) is 0 Å². The van der Waals surface area contributed by atoms with E-state index in [9.17, 15) is 9.59 Å². The van der Waals surface area contributed by atoms with Gasteiger partial charge < -0.3 is 4.74 Å². The van der Waals surface area contributed by atoms with E-state index >= 15 is 0 Å². The summed E-state index contributed by atoms with van der Waals surface area (Å²) in [4.78, 5) is 21.5. The van der Waals surface area contributed by atoms with Gasteiger partial charge in [0, 0.05) is 12.8 Å². The summed E-state index contributed by atoms with van der Waals surface area (Å²) < 4.78 is 4.78. The van der Waals surface area contributed by atoms with Crippen LogP contribution in [-0.4, -0.2) is 18.4 Å². The lowest BCUT2D eigenvalue weighted by molar-refractivity contribution is -0.142. The van der Waals surface area contributed by atoms with Gasteiger partial charge in [0.25, 0.3) is 0 Å². The standard InChI is InChI=1S/C10H18O3/c1-4-5-10(8(2)11)6-7-13-9(3)12/h10H,4-7H2,1-3H3. The highest BCUT2D eigenvalue weighted by molar-refractivity contribution is 5.78. The molecule has 0 radical (unpaired) electrons. The average molecular weight is 186 g/mol. The molecule has 0 aliphatic heterocycles. The molecule has 0 spiro atoms. The number of carbonyl (C=O) groups is 2. The zero-order valence-electron chi connectivity index (χ0n) is 8.63. The maximum atomic E-state index is 11.1. The van der Waals surface area contributed by atoms with E-state index in [1.54, 1.807) is 6.92 Å². The van der Waals surface area contributed by atoms with E-state index in [1.807, 2.05) is 6.92 Å². The Kier molecular flexibility index (Phi) is 6.20. The first-order valence-electron chi connectivity index (χ1n) is 4.71. The summed E-state index contributed by atoms with van der Waals surface area (Å²) in [5, 5.41) is 0. The van der Waals surface area contributed by atoms with Gasteiger partial charge in [-0.25, -0.2) is 0 Å². The molecule has 0 saturated heterocycles. The third-order valence-electron chi connectivity index (χ3n) is 1.98. The summed E-state index contributed by atoms with van der Waals surface area (Å²) in [7, 11) is 0. The Hall–Kier alpha value is -0.860. The first kappa shape index (κ1) is 12.1. The van der Waals surface area contributed by atoms with Crippen LogP contribution in [-0.2, 0) is 14.3 Å². The monoisotopic (exact) mass is 186 g/mol. The molecule has 1 atom stereocenters. The largest absolute Gasteiger partial charge is 0.466 e. The van der Waals surface area contributed by atoms with Gasteiger partial charge in [-0.15, -0.1) is 0 Å². The lowest BCUT2D eigenvalue weighted by Crippen LogP contribution is -2.14. The van der Waals surface area contributed by atoms with Crippen molar-refractivity contribution in [1.29, 1.82) is 0 Å². The van der Waals surface area contributed by atoms with Crippen LogP contribution in [0.4, 0.5) is 0 Å². The molecule has 0 rings (SSSR count). The summed E-state index contributed by atoms with van der Waals surface area (Å²) in [5.41, 5.74) is 0. The van der Waals surface area contributed by atoms with Crippen LogP contribution in [0.3, 0.4) is 0 Å². The van der Waals surface area contributed by atoms with Gasteiger partial charge in [-0.05, 0) is 19.8 Å². The number of Topliss-reactive ketones (excluding diaryl/α,β-unsaturated/α-hetero) is 1.